The van der Waals surface area contributed by atoms with Crippen LogP contribution in [-0.2, 0) is 10.2 Å². The van der Waals surface area contributed by atoms with E-state index in [1.165, 1.54) is 12.1 Å². The first kappa shape index (κ1) is 14.5. The van der Waals surface area contributed by atoms with Gasteiger partial charge in [-0.05, 0) is 49.4 Å². The van der Waals surface area contributed by atoms with Gasteiger partial charge in [0.1, 0.15) is 5.82 Å². The van der Waals surface area contributed by atoms with Crippen molar-refractivity contribution in [2.24, 2.45) is 5.92 Å². The fraction of sp³-hybridized carbons (Fsp3) is 0.588. The number of hydrogen-bond donors (Lipinski definition) is 2. The van der Waals surface area contributed by atoms with Crippen LogP contribution in [-0.4, -0.2) is 25.0 Å². The van der Waals surface area contributed by atoms with E-state index in [-0.39, 0.29) is 17.8 Å². The van der Waals surface area contributed by atoms with Gasteiger partial charge in [-0.3, -0.25) is 4.79 Å². The molecule has 114 valence electrons. The minimum atomic E-state index is -0.515. The first-order valence-electron chi connectivity index (χ1n) is 7.89. The highest BCUT2D eigenvalue weighted by atomic mass is 19.1. The Kier molecular flexibility index (Phi) is 3.98. The largest absolute Gasteiger partial charge is 0.351 e. The molecule has 1 saturated carbocycles. The van der Waals surface area contributed by atoms with Crippen LogP contribution in [0.25, 0.3) is 0 Å². The summed E-state index contributed by atoms with van der Waals surface area (Å²) in [6, 6.07) is 6.70. The molecule has 1 aliphatic carbocycles. The molecule has 2 atom stereocenters. The molecule has 1 amide bonds. The van der Waals surface area contributed by atoms with Crippen LogP contribution in [0.4, 0.5) is 4.39 Å². The highest BCUT2D eigenvalue weighted by molar-refractivity contribution is 5.89. The van der Waals surface area contributed by atoms with Crippen molar-refractivity contribution in [2.75, 3.05) is 13.1 Å². The zero-order valence-electron chi connectivity index (χ0n) is 12.5. The van der Waals surface area contributed by atoms with E-state index in [9.17, 15) is 9.18 Å². The molecule has 0 spiro atoms. The summed E-state index contributed by atoms with van der Waals surface area (Å²) in [6.45, 7) is 4.02. The molecule has 1 aliphatic heterocycles. The summed E-state index contributed by atoms with van der Waals surface area (Å²) < 4.78 is 13.5. The number of carbonyl (C=O) groups is 1. The Morgan fingerprint density at radius 2 is 2.24 bits per heavy atom. The fourth-order valence-electron chi connectivity index (χ4n) is 3.45. The molecule has 21 heavy (non-hydrogen) atoms. The number of carbonyl (C=O) groups excluding carboxylic acids is 1. The van der Waals surface area contributed by atoms with Crippen molar-refractivity contribution in [3.05, 3.63) is 35.6 Å². The summed E-state index contributed by atoms with van der Waals surface area (Å²) in [7, 11) is 0. The average molecular weight is 290 g/mol. The fourth-order valence-corrected chi connectivity index (χ4v) is 3.45. The van der Waals surface area contributed by atoms with Gasteiger partial charge in [0.05, 0.1) is 5.41 Å². The topological polar surface area (TPSA) is 41.1 Å². The number of halogens is 1. The summed E-state index contributed by atoms with van der Waals surface area (Å²) >= 11 is 0. The first-order chi connectivity index (χ1) is 10.1. The van der Waals surface area contributed by atoms with E-state index >= 15 is 0 Å². The quantitative estimate of drug-likeness (QED) is 0.897. The van der Waals surface area contributed by atoms with Crippen molar-refractivity contribution in [2.45, 2.75) is 44.1 Å². The minimum Gasteiger partial charge on any atom is -0.351 e. The van der Waals surface area contributed by atoms with Crippen molar-refractivity contribution in [3.63, 3.8) is 0 Å². The molecule has 3 rings (SSSR count). The monoisotopic (exact) mass is 290 g/mol. The molecule has 0 radical (unpaired) electrons. The lowest BCUT2D eigenvalue weighted by Gasteiger charge is -2.43. The second kappa shape index (κ2) is 5.76. The molecular weight excluding hydrogens is 267 g/mol. The maximum Gasteiger partial charge on any atom is 0.230 e. The number of rotatable bonds is 3. The van der Waals surface area contributed by atoms with Gasteiger partial charge in [0.2, 0.25) is 5.91 Å². The van der Waals surface area contributed by atoms with E-state index < -0.39 is 5.41 Å². The highest BCUT2D eigenvalue weighted by Gasteiger charge is 2.46. The Hall–Kier alpha value is -1.42. The molecule has 1 aromatic rings. The van der Waals surface area contributed by atoms with E-state index in [1.54, 1.807) is 6.07 Å². The van der Waals surface area contributed by atoms with Gasteiger partial charge in [0.25, 0.3) is 0 Å². The molecule has 2 N–H and O–H groups in total. The summed E-state index contributed by atoms with van der Waals surface area (Å²) in [5.74, 6) is 0.291. The van der Waals surface area contributed by atoms with Gasteiger partial charge in [-0.15, -0.1) is 0 Å². The molecule has 1 aromatic carbocycles. The van der Waals surface area contributed by atoms with E-state index in [0.717, 1.165) is 44.3 Å². The zero-order chi connectivity index (χ0) is 14.9. The maximum absolute atomic E-state index is 13.5. The SMILES string of the molecule is CC1CCNCC1NC(=O)C1(c2cccc(F)c2)CCC1. The van der Waals surface area contributed by atoms with Gasteiger partial charge in [-0.1, -0.05) is 25.5 Å². The minimum absolute atomic E-state index is 0.0694. The standard InChI is InChI=1S/C17H23FN2O/c1-12-6-9-19-11-15(12)20-16(21)17(7-3-8-17)13-4-2-5-14(18)10-13/h2,4-5,10,12,15,19H,3,6-9,11H2,1H3,(H,20,21). The van der Waals surface area contributed by atoms with Gasteiger partial charge in [0.15, 0.2) is 0 Å². The predicted molar refractivity (Wildman–Crippen MR) is 80.5 cm³/mol. The van der Waals surface area contributed by atoms with E-state index in [0.29, 0.717) is 5.92 Å². The van der Waals surface area contributed by atoms with Crippen LogP contribution in [0.2, 0.25) is 0 Å². The number of nitrogens with one attached hydrogen (secondary N) is 2. The van der Waals surface area contributed by atoms with Crippen LogP contribution in [0.5, 0.6) is 0 Å². The maximum atomic E-state index is 13.5. The van der Waals surface area contributed by atoms with Crippen LogP contribution in [0.3, 0.4) is 0 Å². The van der Waals surface area contributed by atoms with Crippen molar-refractivity contribution in [3.8, 4) is 0 Å². The molecule has 2 aliphatic rings. The average Bonchev–Trinajstić information content (AvgIpc) is 2.40. The molecule has 4 heteroatoms. The third kappa shape index (κ3) is 2.69. The number of benzene rings is 1. The lowest BCUT2D eigenvalue weighted by molar-refractivity contribution is -0.131. The Bertz CT molecular complexity index is 527. The molecule has 1 saturated heterocycles. The Morgan fingerprint density at radius 3 is 2.86 bits per heavy atom. The van der Waals surface area contributed by atoms with Gasteiger partial charge < -0.3 is 10.6 Å². The first-order valence-corrected chi connectivity index (χ1v) is 7.89. The summed E-state index contributed by atoms with van der Waals surface area (Å²) in [4.78, 5) is 12.8. The number of piperidine rings is 1. The molecule has 1 heterocycles. The smallest absolute Gasteiger partial charge is 0.230 e. The number of amides is 1. The van der Waals surface area contributed by atoms with Crippen LogP contribution in [0.15, 0.2) is 24.3 Å². The van der Waals surface area contributed by atoms with E-state index in [2.05, 4.69) is 17.6 Å². The summed E-state index contributed by atoms with van der Waals surface area (Å²) in [5.41, 5.74) is 0.307. The Balaban J connectivity index is 1.77. The molecular formula is C17H23FN2O. The van der Waals surface area contributed by atoms with Crippen LogP contribution in [0, 0.1) is 11.7 Å². The lowest BCUT2D eigenvalue weighted by atomic mass is 9.63. The highest BCUT2D eigenvalue weighted by Crippen LogP contribution is 2.44. The van der Waals surface area contributed by atoms with Gasteiger partial charge in [-0.25, -0.2) is 4.39 Å². The number of hydrogen-bond acceptors (Lipinski definition) is 2. The molecule has 2 unspecified atom stereocenters. The summed E-state index contributed by atoms with van der Waals surface area (Å²) in [6.07, 6.45) is 3.74. The van der Waals surface area contributed by atoms with Gasteiger partial charge in [-0.2, -0.15) is 0 Å². The third-order valence-electron chi connectivity index (χ3n) is 5.16. The van der Waals surface area contributed by atoms with Crippen molar-refractivity contribution in [1.82, 2.24) is 10.6 Å². The van der Waals surface area contributed by atoms with Crippen molar-refractivity contribution < 1.29 is 9.18 Å². The predicted octanol–water partition coefficient (Wildman–Crippen LogP) is 2.36. The lowest BCUT2D eigenvalue weighted by Crippen LogP contribution is -2.57. The van der Waals surface area contributed by atoms with Crippen LogP contribution < -0.4 is 10.6 Å². The third-order valence-corrected chi connectivity index (χ3v) is 5.16. The van der Waals surface area contributed by atoms with Crippen molar-refractivity contribution in [1.29, 1.82) is 0 Å². The molecule has 0 bridgehead atoms. The van der Waals surface area contributed by atoms with Gasteiger partial charge >= 0.3 is 0 Å². The van der Waals surface area contributed by atoms with Crippen molar-refractivity contribution >= 4 is 5.91 Å². The Labute approximate surface area is 125 Å². The van der Waals surface area contributed by atoms with Crippen LogP contribution in [0.1, 0.15) is 38.2 Å². The zero-order valence-corrected chi connectivity index (χ0v) is 12.5. The summed E-state index contributed by atoms with van der Waals surface area (Å²) in [5, 5.41) is 6.54. The van der Waals surface area contributed by atoms with Crippen LogP contribution >= 0.6 is 0 Å². The van der Waals surface area contributed by atoms with E-state index in [1.807, 2.05) is 6.07 Å². The van der Waals surface area contributed by atoms with Gasteiger partial charge in [0, 0.05) is 12.6 Å². The molecule has 2 fully saturated rings. The molecule has 3 nitrogen and oxygen atoms in total. The second-order valence-electron chi connectivity index (χ2n) is 6.50. The van der Waals surface area contributed by atoms with E-state index in [4.69, 9.17) is 0 Å². The molecule has 0 aromatic heterocycles. The Morgan fingerprint density at radius 1 is 1.43 bits per heavy atom. The second-order valence-corrected chi connectivity index (χ2v) is 6.50. The normalized spacial score (nSPS) is 27.7.